The fourth-order valence-corrected chi connectivity index (χ4v) is 6.65. The van der Waals surface area contributed by atoms with Crippen molar-refractivity contribution in [1.82, 2.24) is 4.90 Å². The minimum absolute atomic E-state index is 0.0748. The van der Waals surface area contributed by atoms with Crippen molar-refractivity contribution in [3.63, 3.8) is 0 Å². The Kier molecular flexibility index (Phi) is 5.44. The number of ketones is 1. The molecule has 2 saturated carbocycles. The van der Waals surface area contributed by atoms with Crippen LogP contribution >= 0.6 is 0 Å². The summed E-state index contributed by atoms with van der Waals surface area (Å²) in [5.74, 6) is 2.75. The standard InChI is InChI=1S/C25H33NO4/c1-25-10-8-20-19-5-3-18(30-24(28)9-11-26-12-14-29-15-13-26)16-17(19)2-4-21(20)22(25)6-7-23(25)27/h3,5,16,20-22H,2,4,6-15H2,1H3/t20-,21+,22-,25+/m1/s1. The summed E-state index contributed by atoms with van der Waals surface area (Å²) in [5, 5.41) is 0. The molecule has 0 unspecified atom stereocenters. The SMILES string of the molecule is C[C@]12CC[C@@H]3c4ccc(OC(=O)CCN5CCOCC5)cc4CC[C@@H]3[C@H]1CCC2=O. The van der Waals surface area contributed by atoms with Gasteiger partial charge in [0.15, 0.2) is 0 Å². The Labute approximate surface area is 179 Å². The molecule has 5 nitrogen and oxygen atoms in total. The topological polar surface area (TPSA) is 55.8 Å². The van der Waals surface area contributed by atoms with E-state index in [2.05, 4.69) is 24.0 Å². The minimum atomic E-state index is -0.159. The molecule has 1 saturated heterocycles. The van der Waals surface area contributed by atoms with Gasteiger partial charge in [0.1, 0.15) is 11.5 Å². The molecule has 3 aliphatic carbocycles. The van der Waals surface area contributed by atoms with Crippen LogP contribution in [0.15, 0.2) is 18.2 Å². The molecule has 4 atom stereocenters. The molecule has 30 heavy (non-hydrogen) atoms. The monoisotopic (exact) mass is 411 g/mol. The van der Waals surface area contributed by atoms with E-state index >= 15 is 0 Å². The van der Waals surface area contributed by atoms with Gasteiger partial charge in [-0.05, 0) is 73.1 Å². The molecule has 0 spiro atoms. The van der Waals surface area contributed by atoms with Crippen molar-refractivity contribution in [2.24, 2.45) is 17.3 Å². The summed E-state index contributed by atoms with van der Waals surface area (Å²) in [4.78, 5) is 27.1. The molecule has 5 rings (SSSR count). The van der Waals surface area contributed by atoms with Crippen molar-refractivity contribution < 1.29 is 19.1 Å². The molecule has 0 aromatic heterocycles. The van der Waals surface area contributed by atoms with E-state index in [9.17, 15) is 9.59 Å². The summed E-state index contributed by atoms with van der Waals surface area (Å²) in [7, 11) is 0. The lowest BCUT2D eigenvalue weighted by atomic mass is 9.55. The van der Waals surface area contributed by atoms with Gasteiger partial charge in [0.05, 0.1) is 19.6 Å². The molecular formula is C25H33NO4. The molecule has 1 aromatic carbocycles. The van der Waals surface area contributed by atoms with E-state index in [1.54, 1.807) is 0 Å². The molecular weight excluding hydrogens is 378 g/mol. The number of hydrogen-bond donors (Lipinski definition) is 0. The highest BCUT2D eigenvalue weighted by Crippen LogP contribution is 2.59. The number of rotatable bonds is 4. The fourth-order valence-electron chi connectivity index (χ4n) is 6.65. The van der Waals surface area contributed by atoms with E-state index < -0.39 is 0 Å². The fraction of sp³-hybridized carbons (Fsp3) is 0.680. The number of fused-ring (bicyclic) bond motifs is 5. The Balaban J connectivity index is 1.23. The zero-order valence-corrected chi connectivity index (χ0v) is 18.0. The maximum Gasteiger partial charge on any atom is 0.312 e. The number of hydrogen-bond acceptors (Lipinski definition) is 5. The average molecular weight is 412 g/mol. The molecule has 0 N–H and O–H groups in total. The average Bonchev–Trinajstić information content (AvgIpc) is 3.07. The van der Waals surface area contributed by atoms with Crippen molar-refractivity contribution >= 4 is 11.8 Å². The van der Waals surface area contributed by atoms with Crippen LogP contribution in [0.25, 0.3) is 0 Å². The molecule has 5 heteroatoms. The van der Waals surface area contributed by atoms with Gasteiger partial charge >= 0.3 is 5.97 Å². The number of Topliss-reactive ketones (excluding diaryl/α,β-unsaturated/α-hetero) is 1. The first kappa shape index (κ1) is 20.2. The molecule has 1 aliphatic heterocycles. The summed E-state index contributed by atoms with van der Waals surface area (Å²) < 4.78 is 11.0. The summed E-state index contributed by atoms with van der Waals surface area (Å²) in [6, 6.07) is 6.25. The second-order valence-corrected chi connectivity index (χ2v) is 9.87. The van der Waals surface area contributed by atoms with Gasteiger partial charge in [0.25, 0.3) is 0 Å². The first-order chi connectivity index (χ1) is 14.5. The van der Waals surface area contributed by atoms with Gasteiger partial charge in [0.2, 0.25) is 0 Å². The lowest BCUT2D eigenvalue weighted by Crippen LogP contribution is -2.42. The molecule has 4 aliphatic rings. The summed E-state index contributed by atoms with van der Waals surface area (Å²) in [6.07, 6.45) is 6.57. The van der Waals surface area contributed by atoms with Crippen LogP contribution in [0, 0.1) is 17.3 Å². The van der Waals surface area contributed by atoms with Crippen LogP contribution in [0.2, 0.25) is 0 Å². The number of ether oxygens (including phenoxy) is 2. The summed E-state index contributed by atoms with van der Waals surface area (Å²) >= 11 is 0. The highest BCUT2D eigenvalue weighted by atomic mass is 16.5. The van der Waals surface area contributed by atoms with Gasteiger partial charge in [-0.15, -0.1) is 0 Å². The number of nitrogens with zero attached hydrogens (tertiary/aromatic N) is 1. The largest absolute Gasteiger partial charge is 0.426 e. The molecule has 0 radical (unpaired) electrons. The van der Waals surface area contributed by atoms with E-state index in [-0.39, 0.29) is 11.4 Å². The highest BCUT2D eigenvalue weighted by Gasteiger charge is 2.54. The predicted octanol–water partition coefficient (Wildman–Crippen LogP) is 3.74. The first-order valence-electron chi connectivity index (χ1n) is 11.7. The van der Waals surface area contributed by atoms with E-state index in [0.29, 0.717) is 35.7 Å². The second-order valence-electron chi connectivity index (χ2n) is 9.87. The van der Waals surface area contributed by atoms with Gasteiger partial charge < -0.3 is 9.47 Å². The van der Waals surface area contributed by atoms with Crippen LogP contribution in [-0.2, 0) is 20.7 Å². The number of carbonyl (C=O) groups is 2. The van der Waals surface area contributed by atoms with E-state index in [4.69, 9.17) is 9.47 Å². The van der Waals surface area contributed by atoms with Crippen LogP contribution in [0.1, 0.15) is 62.5 Å². The maximum absolute atomic E-state index is 12.5. The zero-order valence-electron chi connectivity index (χ0n) is 18.0. The van der Waals surface area contributed by atoms with Crippen LogP contribution < -0.4 is 4.74 Å². The predicted molar refractivity (Wildman–Crippen MR) is 114 cm³/mol. The third-order valence-electron chi connectivity index (χ3n) is 8.37. The van der Waals surface area contributed by atoms with Crippen molar-refractivity contribution in [3.05, 3.63) is 29.3 Å². The Bertz CT molecular complexity index is 830. The van der Waals surface area contributed by atoms with Crippen molar-refractivity contribution in [2.45, 2.75) is 57.8 Å². The normalized spacial score (nSPS) is 33.5. The molecule has 162 valence electrons. The van der Waals surface area contributed by atoms with Gasteiger partial charge in [-0.25, -0.2) is 0 Å². The van der Waals surface area contributed by atoms with Crippen molar-refractivity contribution in [2.75, 3.05) is 32.8 Å². The quantitative estimate of drug-likeness (QED) is 0.558. The zero-order chi connectivity index (χ0) is 20.7. The van der Waals surface area contributed by atoms with Gasteiger partial charge in [-0.3, -0.25) is 14.5 Å². The second kappa shape index (κ2) is 8.08. The third kappa shape index (κ3) is 3.60. The van der Waals surface area contributed by atoms with Gasteiger partial charge in [-0.1, -0.05) is 13.0 Å². The Morgan fingerprint density at radius 2 is 2.03 bits per heavy atom. The van der Waals surface area contributed by atoms with Gasteiger partial charge in [0, 0.05) is 31.5 Å². The lowest BCUT2D eigenvalue weighted by molar-refractivity contribution is -0.135. The Hall–Kier alpha value is -1.72. The van der Waals surface area contributed by atoms with Crippen LogP contribution in [0.3, 0.4) is 0 Å². The number of carbonyl (C=O) groups excluding carboxylic acids is 2. The van der Waals surface area contributed by atoms with Crippen LogP contribution in [-0.4, -0.2) is 49.5 Å². The Morgan fingerprint density at radius 1 is 1.20 bits per heavy atom. The maximum atomic E-state index is 12.5. The summed E-state index contributed by atoms with van der Waals surface area (Å²) in [6.45, 7) is 6.22. The van der Waals surface area contributed by atoms with Crippen molar-refractivity contribution in [3.8, 4) is 5.75 Å². The van der Waals surface area contributed by atoms with Gasteiger partial charge in [-0.2, -0.15) is 0 Å². The molecule has 1 heterocycles. The minimum Gasteiger partial charge on any atom is -0.426 e. The van der Waals surface area contributed by atoms with E-state index in [0.717, 1.165) is 71.4 Å². The number of esters is 1. The number of aryl methyl sites for hydroxylation is 1. The van der Waals surface area contributed by atoms with Crippen LogP contribution in [0.5, 0.6) is 5.75 Å². The summed E-state index contributed by atoms with van der Waals surface area (Å²) in [5.41, 5.74) is 2.69. The Morgan fingerprint density at radius 3 is 2.87 bits per heavy atom. The smallest absolute Gasteiger partial charge is 0.312 e. The first-order valence-corrected chi connectivity index (χ1v) is 11.7. The number of morpholine rings is 1. The van der Waals surface area contributed by atoms with E-state index in [1.807, 2.05) is 6.07 Å². The molecule has 0 amide bonds. The van der Waals surface area contributed by atoms with E-state index in [1.165, 1.54) is 11.1 Å². The number of benzene rings is 1. The highest BCUT2D eigenvalue weighted by molar-refractivity contribution is 5.87. The van der Waals surface area contributed by atoms with Crippen LogP contribution in [0.4, 0.5) is 0 Å². The molecule has 0 bridgehead atoms. The molecule has 1 aromatic rings. The third-order valence-corrected chi connectivity index (χ3v) is 8.37. The molecule has 3 fully saturated rings. The van der Waals surface area contributed by atoms with Crippen molar-refractivity contribution in [1.29, 1.82) is 0 Å². The lowest BCUT2D eigenvalue weighted by Gasteiger charge is -2.48.